The van der Waals surface area contributed by atoms with Gasteiger partial charge < -0.3 is 4.90 Å². The van der Waals surface area contributed by atoms with Crippen molar-refractivity contribution in [1.82, 2.24) is 4.90 Å². The first-order valence-corrected chi connectivity index (χ1v) is 9.15. The number of carbonyl (C=O) groups is 1. The summed E-state index contributed by atoms with van der Waals surface area (Å²) in [5, 5.41) is 5.05. The second-order valence-corrected chi connectivity index (χ2v) is 7.49. The van der Waals surface area contributed by atoms with Gasteiger partial charge in [-0.15, -0.1) is 0 Å². The quantitative estimate of drug-likeness (QED) is 0.730. The van der Waals surface area contributed by atoms with Crippen molar-refractivity contribution in [2.75, 3.05) is 30.3 Å². The van der Waals surface area contributed by atoms with Gasteiger partial charge in [-0.1, -0.05) is 6.92 Å². The third kappa shape index (κ3) is 6.06. The van der Waals surface area contributed by atoms with Gasteiger partial charge in [0.2, 0.25) is 15.9 Å². The Morgan fingerprint density at radius 3 is 2.83 bits per heavy atom. The lowest BCUT2D eigenvalue weighted by molar-refractivity contribution is -0.129. The van der Waals surface area contributed by atoms with E-state index in [2.05, 4.69) is 6.92 Å². The Labute approximate surface area is 114 Å². The Balaban J connectivity index is 2.40. The molecule has 1 fully saturated rings. The molecule has 0 aromatic rings. The average molecular weight is 294 g/mol. The summed E-state index contributed by atoms with van der Waals surface area (Å²) in [6.07, 6.45) is 2.76. The standard InChI is InChI=1S/C11H22N2O3S2/c1-2-6-17-8-11(14)13-5-3-4-10(7-13)9-18(12,15)16/h10H,2-9H2,1H3,(H2,12,15,16)/t10-/m0/s1. The number of likely N-dealkylation sites (tertiary alicyclic amines) is 1. The second-order valence-electron chi connectivity index (χ2n) is 4.73. The maximum atomic E-state index is 11.9. The summed E-state index contributed by atoms with van der Waals surface area (Å²) in [6, 6.07) is 0. The Kier molecular flexibility index (Phi) is 6.45. The molecule has 1 rings (SSSR count). The Morgan fingerprint density at radius 1 is 1.50 bits per heavy atom. The summed E-state index contributed by atoms with van der Waals surface area (Å²) in [7, 11) is -3.44. The summed E-state index contributed by atoms with van der Waals surface area (Å²) in [5.74, 6) is 1.58. The molecule has 1 atom stereocenters. The molecule has 0 aliphatic carbocycles. The molecule has 1 heterocycles. The monoisotopic (exact) mass is 294 g/mol. The summed E-state index contributed by atoms with van der Waals surface area (Å²) in [5.41, 5.74) is 0. The zero-order valence-corrected chi connectivity index (χ0v) is 12.4. The van der Waals surface area contributed by atoms with Crippen molar-refractivity contribution in [2.24, 2.45) is 11.1 Å². The predicted octanol–water partition coefficient (Wildman–Crippen LogP) is 0.657. The molecule has 0 bridgehead atoms. The van der Waals surface area contributed by atoms with Crippen LogP contribution in [-0.4, -0.2) is 49.6 Å². The van der Waals surface area contributed by atoms with Crippen LogP contribution in [0.2, 0.25) is 0 Å². The van der Waals surface area contributed by atoms with Crippen LogP contribution >= 0.6 is 11.8 Å². The fourth-order valence-corrected chi connectivity index (χ4v) is 3.87. The highest BCUT2D eigenvalue weighted by Crippen LogP contribution is 2.18. The van der Waals surface area contributed by atoms with Gasteiger partial charge in [-0.25, -0.2) is 13.6 Å². The lowest BCUT2D eigenvalue weighted by Crippen LogP contribution is -2.43. The summed E-state index contributed by atoms with van der Waals surface area (Å²) < 4.78 is 22.1. The fourth-order valence-electron chi connectivity index (χ4n) is 2.15. The molecule has 0 aromatic carbocycles. The number of thioether (sulfide) groups is 1. The third-order valence-electron chi connectivity index (χ3n) is 2.91. The van der Waals surface area contributed by atoms with Crippen molar-refractivity contribution < 1.29 is 13.2 Å². The van der Waals surface area contributed by atoms with Gasteiger partial charge in [0.1, 0.15) is 0 Å². The molecule has 5 nitrogen and oxygen atoms in total. The highest BCUT2D eigenvalue weighted by molar-refractivity contribution is 7.99. The minimum absolute atomic E-state index is 0.00567. The fraction of sp³-hybridized carbons (Fsp3) is 0.909. The van der Waals surface area contributed by atoms with E-state index in [9.17, 15) is 13.2 Å². The van der Waals surface area contributed by atoms with Gasteiger partial charge in [-0.2, -0.15) is 11.8 Å². The molecular weight excluding hydrogens is 272 g/mol. The van der Waals surface area contributed by atoms with Crippen molar-refractivity contribution in [2.45, 2.75) is 26.2 Å². The van der Waals surface area contributed by atoms with Gasteiger partial charge in [0.25, 0.3) is 0 Å². The van der Waals surface area contributed by atoms with Gasteiger partial charge in [0.15, 0.2) is 0 Å². The van der Waals surface area contributed by atoms with E-state index in [4.69, 9.17) is 5.14 Å². The number of primary sulfonamides is 1. The van der Waals surface area contributed by atoms with E-state index in [1.54, 1.807) is 16.7 Å². The molecule has 18 heavy (non-hydrogen) atoms. The number of sulfonamides is 1. The molecule has 1 aliphatic rings. The zero-order valence-electron chi connectivity index (χ0n) is 10.8. The van der Waals surface area contributed by atoms with Crippen LogP contribution in [0.4, 0.5) is 0 Å². The van der Waals surface area contributed by atoms with Gasteiger partial charge >= 0.3 is 0 Å². The van der Waals surface area contributed by atoms with Gasteiger partial charge in [0, 0.05) is 13.1 Å². The number of piperidine rings is 1. The van der Waals surface area contributed by atoms with E-state index < -0.39 is 10.0 Å². The largest absolute Gasteiger partial charge is 0.342 e. The normalized spacial score (nSPS) is 21.0. The van der Waals surface area contributed by atoms with Gasteiger partial charge in [-0.05, 0) is 30.9 Å². The molecule has 1 aliphatic heterocycles. The average Bonchev–Trinajstić information content (AvgIpc) is 2.27. The van der Waals surface area contributed by atoms with Crippen LogP contribution in [-0.2, 0) is 14.8 Å². The van der Waals surface area contributed by atoms with Crippen molar-refractivity contribution in [3.05, 3.63) is 0 Å². The summed E-state index contributed by atoms with van der Waals surface area (Å²) in [6.45, 7) is 3.36. The van der Waals surface area contributed by atoms with E-state index in [0.717, 1.165) is 31.6 Å². The number of hydrogen-bond donors (Lipinski definition) is 1. The van der Waals surface area contributed by atoms with Crippen LogP contribution in [0, 0.1) is 5.92 Å². The maximum absolute atomic E-state index is 11.9. The lowest BCUT2D eigenvalue weighted by Gasteiger charge is -2.32. The summed E-state index contributed by atoms with van der Waals surface area (Å²) >= 11 is 1.64. The molecule has 0 aromatic heterocycles. The number of amides is 1. The Morgan fingerprint density at radius 2 is 2.22 bits per heavy atom. The van der Waals surface area contributed by atoms with E-state index in [-0.39, 0.29) is 17.6 Å². The van der Waals surface area contributed by atoms with Crippen LogP contribution in [0.5, 0.6) is 0 Å². The molecule has 0 unspecified atom stereocenters. The summed E-state index contributed by atoms with van der Waals surface area (Å²) in [4.78, 5) is 13.7. The van der Waals surface area contributed by atoms with Crippen LogP contribution in [0.3, 0.4) is 0 Å². The molecular formula is C11H22N2O3S2. The molecule has 2 N–H and O–H groups in total. The first-order valence-electron chi connectivity index (χ1n) is 6.28. The topological polar surface area (TPSA) is 80.5 Å². The minimum Gasteiger partial charge on any atom is -0.342 e. The predicted molar refractivity (Wildman–Crippen MR) is 74.9 cm³/mol. The zero-order chi connectivity index (χ0) is 13.6. The third-order valence-corrected chi connectivity index (χ3v) is 5.00. The second kappa shape index (κ2) is 7.35. The first kappa shape index (κ1) is 15.8. The van der Waals surface area contributed by atoms with E-state index in [0.29, 0.717) is 12.3 Å². The minimum atomic E-state index is -3.44. The van der Waals surface area contributed by atoms with Crippen molar-refractivity contribution >= 4 is 27.7 Å². The Bertz CT molecular complexity index is 370. The van der Waals surface area contributed by atoms with Crippen LogP contribution in [0.25, 0.3) is 0 Å². The molecule has 0 spiro atoms. The van der Waals surface area contributed by atoms with E-state index in [1.807, 2.05) is 0 Å². The number of nitrogens with two attached hydrogens (primary N) is 1. The molecule has 1 saturated heterocycles. The van der Waals surface area contributed by atoms with E-state index in [1.165, 1.54) is 0 Å². The van der Waals surface area contributed by atoms with Crippen LogP contribution in [0.15, 0.2) is 0 Å². The molecule has 0 saturated carbocycles. The van der Waals surface area contributed by atoms with Crippen molar-refractivity contribution in [3.63, 3.8) is 0 Å². The first-order chi connectivity index (χ1) is 8.42. The SMILES string of the molecule is CCCSCC(=O)N1CCC[C@H](CS(N)(=O)=O)C1. The van der Waals surface area contributed by atoms with Crippen molar-refractivity contribution in [3.8, 4) is 0 Å². The highest BCUT2D eigenvalue weighted by atomic mass is 32.2. The number of nitrogens with zero attached hydrogens (tertiary/aromatic N) is 1. The van der Waals surface area contributed by atoms with Crippen LogP contribution < -0.4 is 5.14 Å². The maximum Gasteiger partial charge on any atom is 0.232 e. The number of carbonyl (C=O) groups excluding carboxylic acids is 1. The molecule has 0 radical (unpaired) electrons. The smallest absolute Gasteiger partial charge is 0.232 e. The molecule has 7 heteroatoms. The lowest BCUT2D eigenvalue weighted by atomic mass is 10.0. The van der Waals surface area contributed by atoms with Crippen molar-refractivity contribution in [1.29, 1.82) is 0 Å². The Hall–Kier alpha value is -0.270. The number of rotatable bonds is 6. The molecule has 106 valence electrons. The van der Waals surface area contributed by atoms with Gasteiger partial charge in [-0.3, -0.25) is 4.79 Å². The number of hydrogen-bond acceptors (Lipinski definition) is 4. The molecule has 1 amide bonds. The highest BCUT2D eigenvalue weighted by Gasteiger charge is 2.25. The van der Waals surface area contributed by atoms with E-state index >= 15 is 0 Å². The van der Waals surface area contributed by atoms with Crippen LogP contribution in [0.1, 0.15) is 26.2 Å². The van der Waals surface area contributed by atoms with Gasteiger partial charge in [0.05, 0.1) is 11.5 Å².